The topological polar surface area (TPSA) is 106 Å². The van der Waals surface area contributed by atoms with Gasteiger partial charge in [-0.1, -0.05) is 17.7 Å². The van der Waals surface area contributed by atoms with Crippen molar-refractivity contribution in [3.63, 3.8) is 0 Å². The second-order valence-corrected chi connectivity index (χ2v) is 11.0. The maximum atomic E-state index is 12.7. The molecule has 1 fully saturated rings. The summed E-state index contributed by atoms with van der Waals surface area (Å²) in [7, 11) is 0.650. The largest absolute Gasteiger partial charge is 0.394 e. The van der Waals surface area contributed by atoms with E-state index in [2.05, 4.69) is 54.3 Å². The van der Waals surface area contributed by atoms with Crippen LogP contribution in [0.3, 0.4) is 0 Å². The van der Waals surface area contributed by atoms with Crippen LogP contribution in [0, 0.1) is 0 Å². The number of aliphatic hydroxyl groups is 1. The molecule has 0 bridgehead atoms. The average molecular weight is 530 g/mol. The van der Waals surface area contributed by atoms with Gasteiger partial charge in [0.05, 0.1) is 17.7 Å². The predicted octanol–water partition coefficient (Wildman–Crippen LogP) is 3.75. The van der Waals surface area contributed by atoms with Gasteiger partial charge in [0.1, 0.15) is 16.0 Å². The number of halogens is 1. The Bertz CT molecular complexity index is 1200. The molecule has 0 amide bonds. The molecule has 192 valence electrons. The molecule has 9 nitrogen and oxygen atoms in total. The number of nitrogens with zero attached hydrogens (tertiary/aromatic N) is 4. The van der Waals surface area contributed by atoms with Crippen LogP contribution in [0.5, 0.6) is 0 Å². The monoisotopic (exact) mass is 529 g/mol. The minimum atomic E-state index is -1.50. The van der Waals surface area contributed by atoms with Crippen molar-refractivity contribution in [3.05, 3.63) is 59.8 Å². The summed E-state index contributed by atoms with van der Waals surface area (Å²) in [5.74, 6) is 0.829. The Balaban J connectivity index is 1.43. The zero-order chi connectivity index (χ0) is 25.7. The number of piperazine rings is 1. The van der Waals surface area contributed by atoms with E-state index in [9.17, 15) is 9.32 Å². The first kappa shape index (κ1) is 26.3. The van der Waals surface area contributed by atoms with Gasteiger partial charge in [-0.25, -0.2) is 13.9 Å². The fourth-order valence-electron chi connectivity index (χ4n) is 3.63. The Morgan fingerprint density at radius 1 is 1.06 bits per heavy atom. The second-order valence-electron chi connectivity index (χ2n) is 9.42. The van der Waals surface area contributed by atoms with Gasteiger partial charge in [-0.15, -0.1) is 0 Å². The van der Waals surface area contributed by atoms with Crippen LogP contribution in [0.4, 0.5) is 28.8 Å². The van der Waals surface area contributed by atoms with Crippen LogP contribution in [0.25, 0.3) is 0 Å². The smallest absolute Gasteiger partial charge is 0.229 e. The minimum Gasteiger partial charge on any atom is -0.394 e. The number of hydrogen-bond donors (Lipinski definition) is 4. The fourth-order valence-corrected chi connectivity index (χ4v) is 4.89. The van der Waals surface area contributed by atoms with E-state index >= 15 is 0 Å². The average Bonchev–Trinajstić information content (AvgIpc) is 2.87. The fraction of sp³-hybridized carbons (Fsp3) is 0.360. The number of rotatable bonds is 9. The molecule has 1 aromatic heterocycles. The van der Waals surface area contributed by atoms with Crippen LogP contribution >= 0.6 is 11.6 Å². The highest BCUT2D eigenvalue weighted by Crippen LogP contribution is 2.27. The summed E-state index contributed by atoms with van der Waals surface area (Å²) >= 11 is 6.35. The minimum absolute atomic E-state index is 0.137. The van der Waals surface area contributed by atoms with E-state index < -0.39 is 16.5 Å². The van der Waals surface area contributed by atoms with Crippen molar-refractivity contribution in [1.29, 1.82) is 0 Å². The summed E-state index contributed by atoms with van der Waals surface area (Å²) in [6.07, 6.45) is 1.53. The lowest BCUT2D eigenvalue weighted by Crippen LogP contribution is -2.44. The van der Waals surface area contributed by atoms with E-state index in [1.807, 2.05) is 18.2 Å². The first-order valence-corrected chi connectivity index (χ1v) is 13.3. The summed E-state index contributed by atoms with van der Waals surface area (Å²) in [6.45, 7) is 7.58. The van der Waals surface area contributed by atoms with E-state index in [0.717, 1.165) is 31.9 Å². The molecule has 2 aromatic carbocycles. The number of aliphatic hydroxyl groups excluding tert-OH is 1. The number of likely N-dealkylation sites (N-methyl/N-ethyl adjacent to an activating group) is 1. The lowest BCUT2D eigenvalue weighted by atomic mass is 10.1. The molecule has 2 heterocycles. The molecule has 1 aliphatic heterocycles. The molecule has 0 spiro atoms. The van der Waals surface area contributed by atoms with Crippen molar-refractivity contribution in [1.82, 2.24) is 19.6 Å². The molecule has 1 aliphatic rings. The Morgan fingerprint density at radius 3 is 2.47 bits per heavy atom. The zero-order valence-corrected chi connectivity index (χ0v) is 22.2. The molecule has 1 saturated heterocycles. The van der Waals surface area contributed by atoms with Gasteiger partial charge in [0.15, 0.2) is 5.82 Å². The molecule has 4 N–H and O–H groups in total. The highest BCUT2D eigenvalue weighted by Gasteiger charge is 2.20. The third-order valence-electron chi connectivity index (χ3n) is 5.81. The lowest BCUT2D eigenvalue weighted by molar-refractivity contribution is 0.210. The van der Waals surface area contributed by atoms with Crippen molar-refractivity contribution in [2.45, 2.75) is 24.3 Å². The van der Waals surface area contributed by atoms with Crippen molar-refractivity contribution in [2.75, 3.05) is 55.4 Å². The zero-order valence-electron chi connectivity index (χ0n) is 20.7. The molecule has 1 atom stereocenters. The van der Waals surface area contributed by atoms with Crippen molar-refractivity contribution < 1.29 is 9.32 Å². The van der Waals surface area contributed by atoms with Gasteiger partial charge >= 0.3 is 0 Å². The van der Waals surface area contributed by atoms with Crippen LogP contribution < -0.4 is 20.3 Å². The van der Waals surface area contributed by atoms with E-state index in [1.165, 1.54) is 11.9 Å². The summed E-state index contributed by atoms with van der Waals surface area (Å²) in [5.41, 5.74) is 2.07. The molecule has 0 saturated carbocycles. The van der Waals surface area contributed by atoms with Gasteiger partial charge in [0.25, 0.3) is 0 Å². The van der Waals surface area contributed by atoms with E-state index in [1.54, 1.807) is 32.0 Å². The quantitative estimate of drug-likeness (QED) is 0.332. The van der Waals surface area contributed by atoms with Gasteiger partial charge < -0.3 is 25.5 Å². The molecule has 3 aromatic rings. The standard InChI is InChI=1S/C25H32ClN7O2S/c1-25(2,17-34)31-36(35)21-6-4-5-19(15-21)28-23-22(26)16-27-24(30-23)29-18-7-9-20(10-8-18)33-13-11-32(3)12-14-33/h4-10,15-16,31,34H,11-14,17H2,1-3H3,(H2,27,28,29,30). The van der Waals surface area contributed by atoms with Crippen molar-refractivity contribution in [2.24, 2.45) is 0 Å². The van der Waals surface area contributed by atoms with Crippen molar-refractivity contribution in [3.8, 4) is 0 Å². The Hall–Kier alpha value is -2.76. The number of hydrogen-bond acceptors (Lipinski definition) is 8. The number of aromatic nitrogens is 2. The van der Waals surface area contributed by atoms with Gasteiger partial charge in [-0.3, -0.25) is 0 Å². The van der Waals surface area contributed by atoms with Gasteiger partial charge in [0.2, 0.25) is 5.95 Å². The first-order valence-electron chi connectivity index (χ1n) is 11.7. The highest BCUT2D eigenvalue weighted by atomic mass is 35.5. The number of benzene rings is 2. The van der Waals surface area contributed by atoms with Crippen LogP contribution in [-0.4, -0.2) is 69.6 Å². The van der Waals surface area contributed by atoms with E-state index in [-0.39, 0.29) is 6.61 Å². The molecule has 36 heavy (non-hydrogen) atoms. The Labute approximate surface area is 219 Å². The molecular weight excluding hydrogens is 498 g/mol. The second kappa shape index (κ2) is 11.5. The molecular formula is C25H32ClN7O2S. The van der Waals surface area contributed by atoms with Crippen molar-refractivity contribution >= 4 is 51.4 Å². The third kappa shape index (κ3) is 6.92. The summed E-state index contributed by atoms with van der Waals surface area (Å²) < 4.78 is 15.6. The molecule has 11 heteroatoms. The van der Waals surface area contributed by atoms with E-state index in [0.29, 0.717) is 27.4 Å². The van der Waals surface area contributed by atoms with Crippen LogP contribution in [0.1, 0.15) is 13.8 Å². The first-order chi connectivity index (χ1) is 17.2. The van der Waals surface area contributed by atoms with Gasteiger partial charge in [0, 0.05) is 48.8 Å². The van der Waals surface area contributed by atoms with E-state index in [4.69, 9.17) is 11.6 Å². The normalized spacial score (nSPS) is 15.5. The Morgan fingerprint density at radius 2 is 1.78 bits per heavy atom. The van der Waals surface area contributed by atoms with Crippen LogP contribution in [0.15, 0.2) is 59.6 Å². The Kier molecular flexibility index (Phi) is 8.43. The summed E-state index contributed by atoms with van der Waals surface area (Å²) in [6, 6.07) is 15.3. The molecule has 4 rings (SSSR count). The third-order valence-corrected chi connectivity index (χ3v) is 7.51. The maximum absolute atomic E-state index is 12.7. The highest BCUT2D eigenvalue weighted by molar-refractivity contribution is 7.83. The van der Waals surface area contributed by atoms with Gasteiger partial charge in [-0.2, -0.15) is 4.98 Å². The van der Waals surface area contributed by atoms with Gasteiger partial charge in [-0.05, 0) is 63.4 Å². The lowest BCUT2D eigenvalue weighted by Gasteiger charge is -2.34. The SMILES string of the molecule is CN1CCN(c2ccc(Nc3ncc(Cl)c(Nc4cccc(S(=O)NC(C)(C)CO)c4)n3)cc2)CC1. The maximum Gasteiger partial charge on any atom is 0.229 e. The predicted molar refractivity (Wildman–Crippen MR) is 147 cm³/mol. The van der Waals surface area contributed by atoms with Crippen LogP contribution in [0.2, 0.25) is 5.02 Å². The number of anilines is 5. The van der Waals surface area contributed by atoms with Crippen LogP contribution in [-0.2, 0) is 11.0 Å². The molecule has 1 unspecified atom stereocenters. The summed E-state index contributed by atoms with van der Waals surface area (Å²) in [4.78, 5) is 14.1. The number of nitrogens with one attached hydrogen (secondary N) is 3. The molecule has 0 radical (unpaired) electrons. The summed E-state index contributed by atoms with van der Waals surface area (Å²) in [5, 5.41) is 16.2. The molecule has 0 aliphatic carbocycles.